The van der Waals surface area contributed by atoms with Crippen LogP contribution in [0.5, 0.6) is 11.5 Å². The average Bonchev–Trinajstić information content (AvgIpc) is 3.42. The minimum Gasteiger partial charge on any atom is -0.503 e. The van der Waals surface area contributed by atoms with E-state index in [4.69, 9.17) is 9.47 Å². The van der Waals surface area contributed by atoms with E-state index in [1.165, 1.54) is 30.5 Å². The van der Waals surface area contributed by atoms with Gasteiger partial charge in [-0.05, 0) is 35.2 Å². The molecule has 1 aliphatic heterocycles. The van der Waals surface area contributed by atoms with Gasteiger partial charge in [-0.25, -0.2) is 0 Å². The van der Waals surface area contributed by atoms with Crippen molar-refractivity contribution in [1.82, 2.24) is 4.90 Å². The predicted octanol–water partition coefficient (Wildman–Crippen LogP) is 4.54. The first kappa shape index (κ1) is 20.7. The second-order valence-corrected chi connectivity index (χ2v) is 7.95. The highest BCUT2D eigenvalue weighted by Crippen LogP contribution is 2.44. The van der Waals surface area contributed by atoms with Gasteiger partial charge >= 0.3 is 0 Å². The molecule has 1 aliphatic rings. The van der Waals surface area contributed by atoms with Crippen LogP contribution in [0.15, 0.2) is 77.4 Å². The van der Waals surface area contributed by atoms with Gasteiger partial charge in [0.2, 0.25) is 5.78 Å². The molecule has 6 nitrogen and oxygen atoms in total. The lowest BCUT2D eigenvalue weighted by Gasteiger charge is -2.28. The molecule has 2 heterocycles. The fourth-order valence-corrected chi connectivity index (χ4v) is 4.42. The summed E-state index contributed by atoms with van der Waals surface area (Å²) in [7, 11) is 3.06. The number of aliphatic hydroxyl groups excluding tert-OH is 1. The normalized spacial score (nSPS) is 16.0. The number of carbonyl (C=O) groups excluding carboxylic acids is 2. The Kier molecular flexibility index (Phi) is 5.77. The summed E-state index contributed by atoms with van der Waals surface area (Å²) in [6, 6.07) is 17.2. The topological polar surface area (TPSA) is 76.1 Å². The van der Waals surface area contributed by atoms with E-state index in [1.54, 1.807) is 35.7 Å². The standard InChI is InChI=1S/C24H21NO5S/c1-29-16-10-11-18(30-2)17(13-16)21-20(22(26)19-9-6-12-31-19)23(27)24(28)25(21)14-15-7-4-3-5-8-15/h3-13,21,27H,14H2,1-2H3. The zero-order valence-electron chi connectivity index (χ0n) is 17.1. The molecule has 31 heavy (non-hydrogen) atoms. The highest BCUT2D eigenvalue weighted by molar-refractivity contribution is 7.12. The van der Waals surface area contributed by atoms with Crippen LogP contribution in [0.25, 0.3) is 0 Å². The third-order valence-corrected chi connectivity index (χ3v) is 6.09. The van der Waals surface area contributed by atoms with E-state index in [9.17, 15) is 14.7 Å². The Morgan fingerprint density at radius 3 is 2.48 bits per heavy atom. The minimum atomic E-state index is -0.827. The molecule has 7 heteroatoms. The van der Waals surface area contributed by atoms with Gasteiger partial charge in [0, 0.05) is 12.1 Å². The molecule has 1 unspecified atom stereocenters. The summed E-state index contributed by atoms with van der Waals surface area (Å²) in [5.74, 6) is -0.478. The van der Waals surface area contributed by atoms with E-state index in [0.29, 0.717) is 21.9 Å². The van der Waals surface area contributed by atoms with Crippen LogP contribution in [-0.4, -0.2) is 35.9 Å². The van der Waals surface area contributed by atoms with Gasteiger partial charge < -0.3 is 19.5 Å². The van der Waals surface area contributed by atoms with E-state index < -0.39 is 17.7 Å². The van der Waals surface area contributed by atoms with Gasteiger partial charge in [-0.2, -0.15) is 0 Å². The van der Waals surface area contributed by atoms with Crippen LogP contribution in [-0.2, 0) is 11.3 Å². The number of hydrogen-bond donors (Lipinski definition) is 1. The van der Waals surface area contributed by atoms with Crippen molar-refractivity contribution in [2.75, 3.05) is 14.2 Å². The maximum Gasteiger partial charge on any atom is 0.290 e. The zero-order valence-corrected chi connectivity index (χ0v) is 17.9. The van der Waals surface area contributed by atoms with E-state index in [2.05, 4.69) is 0 Å². The van der Waals surface area contributed by atoms with E-state index >= 15 is 0 Å². The molecular weight excluding hydrogens is 414 g/mol. The Morgan fingerprint density at radius 2 is 1.84 bits per heavy atom. The predicted molar refractivity (Wildman–Crippen MR) is 118 cm³/mol. The summed E-state index contributed by atoms with van der Waals surface area (Å²) < 4.78 is 10.9. The van der Waals surface area contributed by atoms with E-state index in [0.717, 1.165) is 5.56 Å². The Hall–Kier alpha value is -3.58. The van der Waals surface area contributed by atoms with Crippen LogP contribution < -0.4 is 9.47 Å². The van der Waals surface area contributed by atoms with Crippen LogP contribution in [0.3, 0.4) is 0 Å². The SMILES string of the molecule is COc1ccc(OC)c(C2C(C(=O)c3cccs3)=C(O)C(=O)N2Cc2ccccc2)c1. The summed E-state index contributed by atoms with van der Waals surface area (Å²) in [6.07, 6.45) is 0. The van der Waals surface area contributed by atoms with Crippen molar-refractivity contribution in [2.24, 2.45) is 0 Å². The molecule has 1 amide bonds. The van der Waals surface area contributed by atoms with Crippen molar-refractivity contribution in [3.63, 3.8) is 0 Å². The second-order valence-electron chi connectivity index (χ2n) is 7.00. The molecule has 1 aromatic heterocycles. The monoisotopic (exact) mass is 435 g/mol. The first-order valence-corrected chi connectivity index (χ1v) is 10.5. The lowest BCUT2D eigenvalue weighted by atomic mass is 9.94. The zero-order chi connectivity index (χ0) is 22.0. The number of ether oxygens (including phenoxy) is 2. The van der Waals surface area contributed by atoms with Gasteiger partial charge in [0.05, 0.1) is 30.7 Å². The third-order valence-electron chi connectivity index (χ3n) is 5.22. The smallest absolute Gasteiger partial charge is 0.290 e. The van der Waals surface area contributed by atoms with Gasteiger partial charge in [-0.1, -0.05) is 36.4 Å². The summed E-state index contributed by atoms with van der Waals surface area (Å²) in [6.45, 7) is 0.218. The molecule has 3 aromatic rings. The Labute approximate surface area is 184 Å². The van der Waals surface area contributed by atoms with Gasteiger partial charge in [0.15, 0.2) is 5.76 Å². The quantitative estimate of drug-likeness (QED) is 0.551. The maximum atomic E-state index is 13.3. The molecule has 1 atom stereocenters. The van der Waals surface area contributed by atoms with Gasteiger partial charge in [-0.15, -0.1) is 11.3 Å². The van der Waals surface area contributed by atoms with Crippen molar-refractivity contribution in [1.29, 1.82) is 0 Å². The second kappa shape index (κ2) is 8.65. The molecule has 2 aromatic carbocycles. The molecule has 0 bridgehead atoms. The molecule has 0 saturated heterocycles. The molecule has 0 aliphatic carbocycles. The fraction of sp³-hybridized carbons (Fsp3) is 0.167. The largest absolute Gasteiger partial charge is 0.503 e. The van der Waals surface area contributed by atoms with Gasteiger partial charge in [0.1, 0.15) is 11.5 Å². The van der Waals surface area contributed by atoms with Crippen LogP contribution in [0, 0.1) is 0 Å². The number of Topliss-reactive ketones (excluding diaryl/α,β-unsaturated/α-hetero) is 1. The number of aliphatic hydroxyl groups is 1. The van der Waals surface area contributed by atoms with Crippen molar-refractivity contribution in [2.45, 2.75) is 12.6 Å². The van der Waals surface area contributed by atoms with Crippen molar-refractivity contribution >= 4 is 23.0 Å². The highest BCUT2D eigenvalue weighted by Gasteiger charge is 2.45. The highest BCUT2D eigenvalue weighted by atomic mass is 32.1. The number of carbonyl (C=O) groups is 2. The van der Waals surface area contributed by atoms with Crippen molar-refractivity contribution < 1.29 is 24.2 Å². The van der Waals surface area contributed by atoms with E-state index in [-0.39, 0.29) is 17.9 Å². The maximum absolute atomic E-state index is 13.3. The van der Waals surface area contributed by atoms with Crippen LogP contribution in [0.1, 0.15) is 26.8 Å². The number of rotatable bonds is 7. The minimum absolute atomic E-state index is 0.0370. The number of amides is 1. The van der Waals surface area contributed by atoms with Crippen molar-refractivity contribution in [3.8, 4) is 11.5 Å². The Morgan fingerprint density at radius 1 is 1.06 bits per heavy atom. The van der Waals surface area contributed by atoms with Gasteiger partial charge in [-0.3, -0.25) is 9.59 Å². The number of methoxy groups -OCH3 is 2. The average molecular weight is 436 g/mol. The lowest BCUT2D eigenvalue weighted by molar-refractivity contribution is -0.130. The fourth-order valence-electron chi connectivity index (χ4n) is 3.75. The first-order valence-electron chi connectivity index (χ1n) is 9.63. The number of thiophene rings is 1. The molecule has 1 N–H and O–H groups in total. The molecule has 0 radical (unpaired) electrons. The molecule has 158 valence electrons. The third kappa shape index (κ3) is 3.80. The summed E-state index contributed by atoms with van der Waals surface area (Å²) >= 11 is 1.26. The molecule has 0 fully saturated rings. The molecule has 0 spiro atoms. The summed E-state index contributed by atoms with van der Waals surface area (Å²) in [4.78, 5) is 28.4. The summed E-state index contributed by atoms with van der Waals surface area (Å²) in [5.41, 5.74) is 1.48. The van der Waals surface area contributed by atoms with Crippen molar-refractivity contribution in [3.05, 3.63) is 93.4 Å². The van der Waals surface area contributed by atoms with E-state index in [1.807, 2.05) is 30.3 Å². The number of hydrogen-bond acceptors (Lipinski definition) is 6. The van der Waals surface area contributed by atoms with Crippen LogP contribution in [0.4, 0.5) is 0 Å². The number of ketones is 1. The molecule has 4 rings (SSSR count). The Bertz CT molecular complexity index is 1140. The lowest BCUT2D eigenvalue weighted by Crippen LogP contribution is -2.31. The molecular formula is C24H21NO5S. The molecule has 0 saturated carbocycles. The summed E-state index contributed by atoms with van der Waals surface area (Å²) in [5, 5.41) is 12.6. The number of nitrogens with zero attached hydrogens (tertiary/aromatic N) is 1. The van der Waals surface area contributed by atoms with Gasteiger partial charge in [0.25, 0.3) is 5.91 Å². The first-order chi connectivity index (χ1) is 15.0. The number of benzene rings is 2. The Balaban J connectivity index is 1.87. The van der Waals surface area contributed by atoms with Crippen LogP contribution >= 0.6 is 11.3 Å². The van der Waals surface area contributed by atoms with Crippen LogP contribution in [0.2, 0.25) is 0 Å².